The van der Waals surface area contributed by atoms with Gasteiger partial charge < -0.3 is 15.4 Å². The zero-order chi connectivity index (χ0) is 15.2. The van der Waals surface area contributed by atoms with Gasteiger partial charge in [-0.3, -0.25) is 5.41 Å². The Balaban J connectivity index is 2.41. The lowest BCUT2D eigenvalue weighted by Crippen LogP contribution is -2.19. The summed E-state index contributed by atoms with van der Waals surface area (Å²) in [6.45, 7) is 2.70. The van der Waals surface area contributed by atoms with Gasteiger partial charge in [-0.15, -0.1) is 0 Å². The first-order chi connectivity index (χ1) is 10.1. The first kappa shape index (κ1) is 14.8. The van der Waals surface area contributed by atoms with Gasteiger partial charge in [0.05, 0.1) is 12.3 Å². The maximum Gasteiger partial charge on any atom is 0.175 e. The molecule has 0 aliphatic heterocycles. The van der Waals surface area contributed by atoms with Crippen LogP contribution >= 0.6 is 0 Å². The van der Waals surface area contributed by atoms with E-state index in [1.807, 2.05) is 48.3 Å². The summed E-state index contributed by atoms with van der Waals surface area (Å²) in [5.74, 6) is 1.46. The number of ether oxygens (including phenoxy) is 1. The van der Waals surface area contributed by atoms with Crippen LogP contribution in [0.25, 0.3) is 0 Å². The number of rotatable bonds is 6. The average molecular weight is 284 g/mol. The Bertz CT molecular complexity index is 627. The van der Waals surface area contributed by atoms with Crippen molar-refractivity contribution in [3.63, 3.8) is 0 Å². The Morgan fingerprint density at radius 3 is 2.76 bits per heavy atom. The Morgan fingerprint density at radius 1 is 1.29 bits per heavy atom. The summed E-state index contributed by atoms with van der Waals surface area (Å²) in [5.41, 5.74) is 7.15. The van der Waals surface area contributed by atoms with Crippen molar-refractivity contribution >= 4 is 17.3 Å². The second kappa shape index (κ2) is 6.74. The van der Waals surface area contributed by atoms with Crippen LogP contribution in [0.5, 0.6) is 5.75 Å². The lowest BCUT2D eigenvalue weighted by Gasteiger charge is -2.23. The SMILES string of the molecule is CCCOc1cccnc1N(C)c1ccccc1C(=N)N. The van der Waals surface area contributed by atoms with Crippen LogP contribution in [0, 0.1) is 5.41 Å². The number of nitrogen functional groups attached to an aromatic ring is 1. The van der Waals surface area contributed by atoms with Gasteiger partial charge in [-0.2, -0.15) is 0 Å². The van der Waals surface area contributed by atoms with Gasteiger partial charge in [0, 0.05) is 18.8 Å². The van der Waals surface area contributed by atoms with Crippen molar-refractivity contribution in [2.45, 2.75) is 13.3 Å². The van der Waals surface area contributed by atoms with Crippen molar-refractivity contribution in [2.75, 3.05) is 18.6 Å². The molecule has 1 heterocycles. The third-order valence-electron chi connectivity index (χ3n) is 3.09. The molecule has 0 saturated heterocycles. The molecule has 0 amide bonds. The van der Waals surface area contributed by atoms with Gasteiger partial charge in [0.25, 0.3) is 0 Å². The van der Waals surface area contributed by atoms with Gasteiger partial charge >= 0.3 is 0 Å². The third-order valence-corrected chi connectivity index (χ3v) is 3.09. The summed E-state index contributed by atoms with van der Waals surface area (Å²) in [6.07, 6.45) is 2.66. The maximum absolute atomic E-state index is 7.70. The zero-order valence-electron chi connectivity index (χ0n) is 12.3. The minimum Gasteiger partial charge on any atom is -0.490 e. The average Bonchev–Trinajstić information content (AvgIpc) is 2.52. The minimum absolute atomic E-state index is 0.0319. The lowest BCUT2D eigenvalue weighted by molar-refractivity contribution is 0.317. The van der Waals surface area contributed by atoms with Crippen LogP contribution in [0.1, 0.15) is 18.9 Å². The lowest BCUT2D eigenvalue weighted by atomic mass is 10.1. The summed E-state index contributed by atoms with van der Waals surface area (Å²) in [4.78, 5) is 6.29. The number of benzene rings is 1. The molecule has 5 nitrogen and oxygen atoms in total. The van der Waals surface area contributed by atoms with Gasteiger partial charge in [0.2, 0.25) is 0 Å². The molecule has 5 heteroatoms. The van der Waals surface area contributed by atoms with Crippen molar-refractivity contribution in [3.8, 4) is 5.75 Å². The molecule has 0 unspecified atom stereocenters. The zero-order valence-corrected chi connectivity index (χ0v) is 12.3. The molecule has 1 aromatic carbocycles. The van der Waals surface area contributed by atoms with E-state index in [-0.39, 0.29) is 5.84 Å². The Kier molecular flexibility index (Phi) is 4.77. The predicted molar refractivity (Wildman–Crippen MR) is 85.5 cm³/mol. The molecule has 0 spiro atoms. The first-order valence-corrected chi connectivity index (χ1v) is 6.90. The fourth-order valence-electron chi connectivity index (χ4n) is 2.07. The second-order valence-electron chi connectivity index (χ2n) is 4.66. The van der Waals surface area contributed by atoms with Crippen LogP contribution in [0.15, 0.2) is 42.6 Å². The van der Waals surface area contributed by atoms with Gasteiger partial charge in [-0.05, 0) is 30.7 Å². The largest absolute Gasteiger partial charge is 0.490 e. The number of hydrogen-bond donors (Lipinski definition) is 2. The Hall–Kier alpha value is -2.56. The van der Waals surface area contributed by atoms with Crippen molar-refractivity contribution in [2.24, 2.45) is 5.73 Å². The highest BCUT2D eigenvalue weighted by molar-refractivity contribution is 6.01. The molecule has 0 atom stereocenters. The van der Waals surface area contributed by atoms with Crippen LogP contribution in [0.3, 0.4) is 0 Å². The minimum atomic E-state index is 0.0319. The van der Waals surface area contributed by atoms with E-state index in [2.05, 4.69) is 11.9 Å². The third kappa shape index (κ3) is 3.31. The number of nitrogens with zero attached hydrogens (tertiary/aromatic N) is 2. The predicted octanol–water partition coefficient (Wildman–Crippen LogP) is 2.92. The molecule has 2 rings (SSSR count). The van der Waals surface area contributed by atoms with Gasteiger partial charge in [-0.1, -0.05) is 19.1 Å². The standard InChI is InChI=1S/C16H20N4O/c1-3-11-21-14-9-6-10-19-16(14)20(2)13-8-5-4-7-12(13)15(17)18/h4-10H,3,11H2,1-2H3,(H3,17,18). The number of pyridine rings is 1. The highest BCUT2D eigenvalue weighted by atomic mass is 16.5. The summed E-state index contributed by atoms with van der Waals surface area (Å²) >= 11 is 0. The van der Waals surface area contributed by atoms with E-state index in [0.717, 1.165) is 17.9 Å². The highest BCUT2D eigenvalue weighted by Gasteiger charge is 2.15. The molecule has 0 aliphatic rings. The molecule has 0 saturated carbocycles. The molecular formula is C16H20N4O. The van der Waals surface area contributed by atoms with Crippen molar-refractivity contribution in [1.82, 2.24) is 4.98 Å². The summed E-state index contributed by atoms with van der Waals surface area (Å²) in [6, 6.07) is 11.2. The number of amidine groups is 1. The number of hydrogen-bond acceptors (Lipinski definition) is 4. The monoisotopic (exact) mass is 284 g/mol. The number of nitrogens with two attached hydrogens (primary N) is 1. The van der Waals surface area contributed by atoms with E-state index < -0.39 is 0 Å². The van der Waals surface area contributed by atoms with E-state index in [9.17, 15) is 0 Å². The van der Waals surface area contributed by atoms with Gasteiger partial charge in [0.1, 0.15) is 5.84 Å². The van der Waals surface area contributed by atoms with Crippen LogP contribution in [-0.2, 0) is 0 Å². The highest BCUT2D eigenvalue weighted by Crippen LogP contribution is 2.32. The quantitative estimate of drug-likeness (QED) is 0.631. The second-order valence-corrected chi connectivity index (χ2v) is 4.66. The van der Waals surface area contributed by atoms with Gasteiger partial charge in [0.15, 0.2) is 11.6 Å². The molecule has 0 bridgehead atoms. The Labute approximate surface area is 124 Å². The van der Waals surface area contributed by atoms with Crippen molar-refractivity contribution in [1.29, 1.82) is 5.41 Å². The number of aromatic nitrogens is 1. The Morgan fingerprint density at radius 2 is 2.05 bits per heavy atom. The van der Waals surface area contributed by atoms with Crippen molar-refractivity contribution < 1.29 is 4.74 Å². The molecule has 1 aromatic heterocycles. The van der Waals surface area contributed by atoms with Crippen LogP contribution in [0.2, 0.25) is 0 Å². The van der Waals surface area contributed by atoms with E-state index in [1.54, 1.807) is 6.20 Å². The topological polar surface area (TPSA) is 75.2 Å². The normalized spacial score (nSPS) is 10.2. The van der Waals surface area contributed by atoms with Gasteiger partial charge in [-0.25, -0.2) is 4.98 Å². The molecule has 0 radical (unpaired) electrons. The molecular weight excluding hydrogens is 264 g/mol. The number of nitrogens with one attached hydrogen (secondary N) is 1. The molecule has 0 aliphatic carbocycles. The summed E-state index contributed by atoms with van der Waals surface area (Å²) in [5, 5.41) is 7.70. The smallest absolute Gasteiger partial charge is 0.175 e. The van der Waals surface area contributed by atoms with Crippen LogP contribution in [-0.4, -0.2) is 24.5 Å². The molecule has 110 valence electrons. The molecule has 21 heavy (non-hydrogen) atoms. The maximum atomic E-state index is 7.70. The van der Waals surface area contributed by atoms with Crippen LogP contribution in [0.4, 0.5) is 11.5 Å². The van der Waals surface area contributed by atoms with Crippen molar-refractivity contribution in [3.05, 3.63) is 48.2 Å². The van der Waals surface area contributed by atoms with E-state index >= 15 is 0 Å². The van der Waals surface area contributed by atoms with E-state index in [0.29, 0.717) is 18.0 Å². The first-order valence-electron chi connectivity index (χ1n) is 6.90. The molecule has 3 N–H and O–H groups in total. The number of anilines is 2. The van der Waals surface area contributed by atoms with E-state index in [1.165, 1.54) is 0 Å². The summed E-state index contributed by atoms with van der Waals surface area (Å²) in [7, 11) is 1.89. The fourth-order valence-corrected chi connectivity index (χ4v) is 2.07. The van der Waals surface area contributed by atoms with E-state index in [4.69, 9.17) is 15.9 Å². The van der Waals surface area contributed by atoms with Crippen LogP contribution < -0.4 is 15.4 Å². The number of para-hydroxylation sites is 1. The summed E-state index contributed by atoms with van der Waals surface area (Å²) < 4.78 is 5.74. The fraction of sp³-hybridized carbons (Fsp3) is 0.250. The molecule has 0 fully saturated rings. The molecule has 2 aromatic rings.